The third-order valence-corrected chi connectivity index (χ3v) is 9.13. The van der Waals surface area contributed by atoms with Crippen LogP contribution in [0.4, 0.5) is 4.79 Å². The maximum absolute atomic E-state index is 13.4. The Morgan fingerprint density at radius 2 is 1.66 bits per heavy atom. The SMILES string of the molecule is CN(C)[C@]1(c2ccccc2)CC[C@]2(CC1)CN(CCS(C)(=O)=O)C(=O)N2CC1(O)CCC1. The average molecular weight is 464 g/mol. The van der Waals surface area contributed by atoms with E-state index in [9.17, 15) is 18.3 Å². The molecule has 2 amide bonds. The van der Waals surface area contributed by atoms with Gasteiger partial charge in [-0.15, -0.1) is 0 Å². The normalized spacial score (nSPS) is 30.2. The van der Waals surface area contributed by atoms with Crippen molar-refractivity contribution in [3.63, 3.8) is 0 Å². The second-order valence-electron chi connectivity index (χ2n) is 10.5. The van der Waals surface area contributed by atoms with Crippen molar-refractivity contribution in [3.05, 3.63) is 35.9 Å². The van der Waals surface area contributed by atoms with Crippen LogP contribution < -0.4 is 0 Å². The fourth-order valence-corrected chi connectivity index (χ4v) is 6.46. The fraction of sp³-hybridized carbons (Fsp3) is 0.708. The van der Waals surface area contributed by atoms with Crippen molar-refractivity contribution in [1.29, 1.82) is 0 Å². The van der Waals surface area contributed by atoms with Crippen LogP contribution in [0.3, 0.4) is 0 Å². The molecule has 2 aliphatic carbocycles. The summed E-state index contributed by atoms with van der Waals surface area (Å²) in [5.74, 6) is -0.0292. The molecule has 32 heavy (non-hydrogen) atoms. The summed E-state index contributed by atoms with van der Waals surface area (Å²) >= 11 is 0. The van der Waals surface area contributed by atoms with E-state index in [0.717, 1.165) is 44.9 Å². The molecule has 3 aliphatic rings. The number of nitrogens with zero attached hydrogens (tertiary/aromatic N) is 3. The van der Waals surface area contributed by atoms with Crippen LogP contribution in [0.1, 0.15) is 50.5 Å². The fourth-order valence-electron chi connectivity index (χ4n) is 5.90. The van der Waals surface area contributed by atoms with Gasteiger partial charge in [0, 0.05) is 24.9 Å². The van der Waals surface area contributed by atoms with Gasteiger partial charge in [0.2, 0.25) is 0 Å². The quantitative estimate of drug-likeness (QED) is 0.672. The van der Waals surface area contributed by atoms with Crippen LogP contribution in [0.15, 0.2) is 30.3 Å². The molecule has 7 nitrogen and oxygen atoms in total. The number of aliphatic hydroxyl groups is 1. The summed E-state index contributed by atoms with van der Waals surface area (Å²) in [7, 11) is 1.09. The molecule has 1 spiro atoms. The molecule has 8 heteroatoms. The molecule has 178 valence electrons. The third-order valence-electron chi connectivity index (χ3n) is 8.20. The lowest BCUT2D eigenvalue weighted by atomic mass is 9.67. The van der Waals surface area contributed by atoms with Gasteiger partial charge in [0.1, 0.15) is 9.84 Å². The molecular formula is C24H37N3O4S. The van der Waals surface area contributed by atoms with Crippen molar-refractivity contribution in [2.75, 3.05) is 45.7 Å². The number of amides is 2. The smallest absolute Gasteiger partial charge is 0.320 e. The highest BCUT2D eigenvalue weighted by Crippen LogP contribution is 2.50. The molecule has 0 bridgehead atoms. The second-order valence-corrected chi connectivity index (χ2v) is 12.8. The molecule has 2 saturated carbocycles. The Hall–Kier alpha value is -1.64. The van der Waals surface area contributed by atoms with E-state index in [-0.39, 0.29) is 29.4 Å². The van der Waals surface area contributed by atoms with E-state index in [1.54, 1.807) is 4.90 Å². The van der Waals surface area contributed by atoms with Crippen molar-refractivity contribution in [2.24, 2.45) is 0 Å². The molecule has 0 unspecified atom stereocenters. The molecule has 0 atom stereocenters. The van der Waals surface area contributed by atoms with E-state index in [4.69, 9.17) is 0 Å². The minimum atomic E-state index is -3.16. The first-order valence-electron chi connectivity index (χ1n) is 11.7. The van der Waals surface area contributed by atoms with Crippen LogP contribution in [0.5, 0.6) is 0 Å². The van der Waals surface area contributed by atoms with Gasteiger partial charge in [-0.3, -0.25) is 4.90 Å². The van der Waals surface area contributed by atoms with Crippen molar-refractivity contribution >= 4 is 15.9 Å². The molecule has 1 aliphatic heterocycles. The molecule has 1 saturated heterocycles. The van der Waals surface area contributed by atoms with Gasteiger partial charge in [-0.1, -0.05) is 30.3 Å². The number of carbonyl (C=O) groups excluding carboxylic acids is 1. The van der Waals surface area contributed by atoms with Gasteiger partial charge in [0.05, 0.1) is 23.4 Å². The predicted molar refractivity (Wildman–Crippen MR) is 125 cm³/mol. The number of rotatable bonds is 7. The molecular weight excluding hydrogens is 426 g/mol. The predicted octanol–water partition coefficient (Wildman–Crippen LogP) is 2.45. The van der Waals surface area contributed by atoms with Gasteiger partial charge in [0.25, 0.3) is 0 Å². The van der Waals surface area contributed by atoms with E-state index >= 15 is 0 Å². The Morgan fingerprint density at radius 3 is 2.16 bits per heavy atom. The summed E-state index contributed by atoms with van der Waals surface area (Å²) < 4.78 is 23.5. The van der Waals surface area contributed by atoms with Gasteiger partial charge in [0.15, 0.2) is 0 Å². The number of benzene rings is 1. The summed E-state index contributed by atoms with van der Waals surface area (Å²) in [6, 6.07) is 10.4. The zero-order valence-corrected chi connectivity index (χ0v) is 20.4. The van der Waals surface area contributed by atoms with Crippen LogP contribution in [0, 0.1) is 0 Å². The molecule has 4 rings (SSSR count). The third kappa shape index (κ3) is 4.29. The highest BCUT2D eigenvalue weighted by molar-refractivity contribution is 7.90. The Morgan fingerprint density at radius 1 is 1.03 bits per heavy atom. The van der Waals surface area contributed by atoms with Crippen LogP contribution in [-0.4, -0.2) is 91.1 Å². The van der Waals surface area contributed by atoms with Crippen molar-refractivity contribution in [1.82, 2.24) is 14.7 Å². The molecule has 1 heterocycles. The van der Waals surface area contributed by atoms with E-state index in [0.29, 0.717) is 13.1 Å². The minimum Gasteiger partial charge on any atom is -0.388 e. The Bertz CT molecular complexity index is 935. The average Bonchev–Trinajstić information content (AvgIpc) is 2.97. The zero-order chi connectivity index (χ0) is 23.2. The maximum atomic E-state index is 13.4. The largest absolute Gasteiger partial charge is 0.388 e. The molecule has 1 N–H and O–H groups in total. The first-order chi connectivity index (χ1) is 15.0. The van der Waals surface area contributed by atoms with Crippen molar-refractivity contribution in [2.45, 2.75) is 61.6 Å². The van der Waals surface area contributed by atoms with E-state index in [1.807, 2.05) is 11.0 Å². The zero-order valence-electron chi connectivity index (χ0n) is 19.6. The summed E-state index contributed by atoms with van der Waals surface area (Å²) in [5.41, 5.74) is 0.0517. The van der Waals surface area contributed by atoms with E-state index in [1.165, 1.54) is 11.8 Å². The highest BCUT2D eigenvalue weighted by atomic mass is 32.2. The van der Waals surface area contributed by atoms with Gasteiger partial charge >= 0.3 is 6.03 Å². The molecule has 0 aromatic heterocycles. The number of carbonyl (C=O) groups is 1. The van der Waals surface area contributed by atoms with Gasteiger partial charge < -0.3 is 14.9 Å². The van der Waals surface area contributed by atoms with E-state index < -0.39 is 15.4 Å². The van der Waals surface area contributed by atoms with Crippen LogP contribution >= 0.6 is 0 Å². The summed E-state index contributed by atoms with van der Waals surface area (Å²) in [6.07, 6.45) is 7.13. The monoisotopic (exact) mass is 463 g/mol. The van der Waals surface area contributed by atoms with Crippen LogP contribution in [0.25, 0.3) is 0 Å². The number of hydrogen-bond donors (Lipinski definition) is 1. The van der Waals surface area contributed by atoms with Gasteiger partial charge in [-0.05, 0) is 64.6 Å². The van der Waals surface area contributed by atoms with Gasteiger partial charge in [-0.25, -0.2) is 13.2 Å². The number of hydrogen-bond acceptors (Lipinski definition) is 5. The van der Waals surface area contributed by atoms with Crippen LogP contribution in [-0.2, 0) is 15.4 Å². The Balaban J connectivity index is 1.59. The lowest BCUT2D eigenvalue weighted by Gasteiger charge is -2.52. The number of urea groups is 1. The summed E-state index contributed by atoms with van der Waals surface area (Å²) in [5, 5.41) is 10.9. The standard InChI is InChI=1S/C24H37N3O4S/c1-25(2)24(20-8-5-4-6-9-20)14-12-22(13-15-24)18-26(16-17-32(3,30)31)21(28)27(22)19-23(29)10-7-11-23/h4-6,8-9,29H,7,10-19H2,1-3H3/t22-,24+. The molecule has 0 radical (unpaired) electrons. The Kier molecular flexibility index (Phi) is 6.09. The topological polar surface area (TPSA) is 81.2 Å². The van der Waals surface area contributed by atoms with Gasteiger partial charge in [-0.2, -0.15) is 0 Å². The first kappa shape index (κ1) is 23.5. The summed E-state index contributed by atoms with van der Waals surface area (Å²) in [6.45, 7) is 1.10. The maximum Gasteiger partial charge on any atom is 0.320 e. The lowest BCUT2D eigenvalue weighted by Crippen LogP contribution is -2.59. The van der Waals surface area contributed by atoms with Crippen LogP contribution in [0.2, 0.25) is 0 Å². The van der Waals surface area contributed by atoms with Crippen molar-refractivity contribution < 1.29 is 18.3 Å². The first-order valence-corrected chi connectivity index (χ1v) is 13.7. The minimum absolute atomic E-state index is 0.0292. The lowest BCUT2D eigenvalue weighted by molar-refractivity contribution is -0.0725. The summed E-state index contributed by atoms with van der Waals surface area (Å²) in [4.78, 5) is 19.3. The molecule has 1 aromatic rings. The number of β-amino-alcohol motifs (C(OH)–C–C–N with tert-alkyl or cyclic N) is 1. The Labute approximate surface area is 192 Å². The van der Waals surface area contributed by atoms with Crippen molar-refractivity contribution in [3.8, 4) is 0 Å². The molecule has 3 fully saturated rings. The second kappa shape index (κ2) is 8.29. The highest BCUT2D eigenvalue weighted by Gasteiger charge is 2.56. The number of sulfone groups is 1. The molecule has 1 aromatic carbocycles. The van der Waals surface area contributed by atoms with E-state index in [2.05, 4.69) is 43.3 Å².